The average molecular weight is 291 g/mol. The fourth-order valence-corrected chi connectivity index (χ4v) is 1.96. The van der Waals surface area contributed by atoms with Gasteiger partial charge in [-0.25, -0.2) is 4.39 Å². The van der Waals surface area contributed by atoms with Crippen LogP contribution in [0.4, 0.5) is 4.39 Å². The Labute approximate surface area is 125 Å². The monoisotopic (exact) mass is 291 g/mol. The molecule has 1 aromatic carbocycles. The van der Waals surface area contributed by atoms with Crippen molar-refractivity contribution in [1.82, 2.24) is 5.32 Å². The summed E-state index contributed by atoms with van der Waals surface area (Å²) in [6, 6.07) is 6.69. The second kappa shape index (κ2) is 7.27. The Morgan fingerprint density at radius 1 is 1.29 bits per heavy atom. The molecule has 0 aliphatic rings. The van der Waals surface area contributed by atoms with Gasteiger partial charge < -0.3 is 14.5 Å². The van der Waals surface area contributed by atoms with E-state index in [1.807, 2.05) is 6.07 Å². The van der Waals surface area contributed by atoms with Crippen LogP contribution in [0.25, 0.3) is 0 Å². The number of hydrogen-bond donors (Lipinski definition) is 1. The zero-order valence-corrected chi connectivity index (χ0v) is 12.8. The van der Waals surface area contributed by atoms with Gasteiger partial charge in [-0.2, -0.15) is 0 Å². The Hall–Kier alpha value is -1.81. The smallest absolute Gasteiger partial charge is 0.146 e. The van der Waals surface area contributed by atoms with Crippen LogP contribution in [0, 0.1) is 18.7 Å². The summed E-state index contributed by atoms with van der Waals surface area (Å²) in [4.78, 5) is 0. The van der Waals surface area contributed by atoms with Crippen molar-refractivity contribution in [2.75, 3.05) is 6.54 Å². The predicted octanol–water partition coefficient (Wildman–Crippen LogP) is 4.05. The van der Waals surface area contributed by atoms with Crippen LogP contribution < -0.4 is 10.1 Å². The first-order valence-electron chi connectivity index (χ1n) is 7.20. The maximum absolute atomic E-state index is 13.2. The molecule has 0 saturated heterocycles. The Balaban J connectivity index is 1.83. The summed E-state index contributed by atoms with van der Waals surface area (Å²) in [5.41, 5.74) is 1.68. The highest BCUT2D eigenvalue weighted by molar-refractivity contribution is 5.29. The molecule has 114 valence electrons. The van der Waals surface area contributed by atoms with Gasteiger partial charge in [0.1, 0.15) is 23.9 Å². The summed E-state index contributed by atoms with van der Waals surface area (Å²) in [5.74, 6) is 1.81. The topological polar surface area (TPSA) is 34.4 Å². The second-order valence-corrected chi connectivity index (χ2v) is 5.65. The molecule has 2 rings (SSSR count). The lowest BCUT2D eigenvalue weighted by atomic mass is 10.2. The number of nitrogens with one attached hydrogen (secondary N) is 1. The van der Waals surface area contributed by atoms with E-state index in [1.165, 1.54) is 6.07 Å². The van der Waals surface area contributed by atoms with E-state index in [1.54, 1.807) is 25.3 Å². The van der Waals surface area contributed by atoms with Crippen molar-refractivity contribution in [3.05, 3.63) is 53.2 Å². The molecule has 1 heterocycles. The van der Waals surface area contributed by atoms with Crippen molar-refractivity contribution in [3.8, 4) is 5.75 Å². The van der Waals surface area contributed by atoms with Gasteiger partial charge in [-0.3, -0.25) is 0 Å². The summed E-state index contributed by atoms with van der Waals surface area (Å²) in [7, 11) is 0. The highest BCUT2D eigenvalue weighted by Crippen LogP contribution is 2.18. The third-order valence-electron chi connectivity index (χ3n) is 3.10. The molecule has 0 spiro atoms. The summed E-state index contributed by atoms with van der Waals surface area (Å²) < 4.78 is 24.2. The molecule has 0 aliphatic heterocycles. The molecule has 2 aromatic rings. The summed E-state index contributed by atoms with van der Waals surface area (Å²) in [6.07, 6.45) is 1.74. The van der Waals surface area contributed by atoms with E-state index in [2.05, 4.69) is 19.2 Å². The summed E-state index contributed by atoms with van der Waals surface area (Å²) >= 11 is 0. The lowest BCUT2D eigenvalue weighted by Crippen LogP contribution is -2.18. The largest absolute Gasteiger partial charge is 0.486 e. The molecule has 21 heavy (non-hydrogen) atoms. The maximum atomic E-state index is 13.2. The number of furan rings is 1. The number of ether oxygens (including phenoxy) is 1. The Morgan fingerprint density at radius 3 is 2.81 bits per heavy atom. The van der Waals surface area contributed by atoms with E-state index in [-0.39, 0.29) is 5.82 Å². The highest BCUT2D eigenvalue weighted by atomic mass is 19.1. The van der Waals surface area contributed by atoms with Crippen molar-refractivity contribution in [1.29, 1.82) is 0 Å². The molecule has 0 unspecified atom stereocenters. The van der Waals surface area contributed by atoms with Crippen LogP contribution in [0.1, 0.15) is 30.7 Å². The van der Waals surface area contributed by atoms with Crippen LogP contribution in [0.5, 0.6) is 5.75 Å². The van der Waals surface area contributed by atoms with Crippen molar-refractivity contribution in [3.63, 3.8) is 0 Å². The van der Waals surface area contributed by atoms with Crippen LogP contribution in [-0.2, 0) is 13.2 Å². The Morgan fingerprint density at radius 2 is 2.10 bits per heavy atom. The molecule has 4 heteroatoms. The number of benzene rings is 1. The first-order chi connectivity index (χ1) is 10.0. The van der Waals surface area contributed by atoms with Crippen molar-refractivity contribution < 1.29 is 13.5 Å². The van der Waals surface area contributed by atoms with Gasteiger partial charge in [-0.1, -0.05) is 13.8 Å². The lowest BCUT2D eigenvalue weighted by molar-refractivity contribution is 0.270. The van der Waals surface area contributed by atoms with Gasteiger partial charge in [-0.15, -0.1) is 0 Å². The van der Waals surface area contributed by atoms with Gasteiger partial charge >= 0.3 is 0 Å². The molecule has 0 bridgehead atoms. The van der Waals surface area contributed by atoms with Crippen LogP contribution in [0.2, 0.25) is 0 Å². The van der Waals surface area contributed by atoms with Crippen LogP contribution in [-0.4, -0.2) is 6.54 Å². The molecular weight excluding hydrogens is 269 g/mol. The molecule has 3 nitrogen and oxygen atoms in total. The average Bonchev–Trinajstić information content (AvgIpc) is 2.88. The Kier molecular flexibility index (Phi) is 5.39. The fourth-order valence-electron chi connectivity index (χ4n) is 1.96. The van der Waals surface area contributed by atoms with Crippen LogP contribution >= 0.6 is 0 Å². The van der Waals surface area contributed by atoms with E-state index >= 15 is 0 Å². The van der Waals surface area contributed by atoms with Crippen LogP contribution in [0.3, 0.4) is 0 Å². The van der Waals surface area contributed by atoms with E-state index in [0.29, 0.717) is 23.8 Å². The molecule has 0 radical (unpaired) electrons. The number of aryl methyl sites for hydroxylation is 1. The minimum absolute atomic E-state index is 0.223. The number of rotatable bonds is 7. The molecule has 0 aliphatic carbocycles. The van der Waals surface area contributed by atoms with Gasteiger partial charge in [0.05, 0.1) is 6.26 Å². The molecule has 0 fully saturated rings. The first-order valence-corrected chi connectivity index (χ1v) is 7.20. The molecule has 0 amide bonds. The first kappa shape index (κ1) is 15.6. The summed E-state index contributed by atoms with van der Waals surface area (Å²) in [6.45, 7) is 8.17. The van der Waals surface area contributed by atoms with Crippen molar-refractivity contribution in [2.24, 2.45) is 5.92 Å². The molecule has 1 N–H and O–H groups in total. The zero-order valence-electron chi connectivity index (χ0n) is 12.8. The Bertz CT molecular complexity index is 578. The van der Waals surface area contributed by atoms with Gasteiger partial charge in [-0.05, 0) is 49.2 Å². The van der Waals surface area contributed by atoms with Gasteiger partial charge in [0.25, 0.3) is 0 Å². The quantitative estimate of drug-likeness (QED) is 0.835. The van der Waals surface area contributed by atoms with E-state index in [4.69, 9.17) is 9.15 Å². The third-order valence-corrected chi connectivity index (χ3v) is 3.10. The highest BCUT2D eigenvalue weighted by Gasteiger charge is 2.05. The van der Waals surface area contributed by atoms with Gasteiger partial charge in [0.2, 0.25) is 0 Å². The summed E-state index contributed by atoms with van der Waals surface area (Å²) in [5, 5.41) is 3.36. The molecule has 0 atom stereocenters. The zero-order chi connectivity index (χ0) is 15.2. The second-order valence-electron chi connectivity index (χ2n) is 5.65. The number of hydrogen-bond acceptors (Lipinski definition) is 3. The molecule has 0 saturated carbocycles. The van der Waals surface area contributed by atoms with Gasteiger partial charge in [0, 0.05) is 12.1 Å². The molecular formula is C17H22FNO2. The predicted molar refractivity (Wildman–Crippen MR) is 80.7 cm³/mol. The normalized spacial score (nSPS) is 11.1. The lowest BCUT2D eigenvalue weighted by Gasteiger charge is -2.05. The minimum Gasteiger partial charge on any atom is -0.486 e. The maximum Gasteiger partial charge on any atom is 0.146 e. The van der Waals surface area contributed by atoms with E-state index in [9.17, 15) is 4.39 Å². The SMILES string of the molecule is Cc1cc(OCc2cc(CNCC(C)C)co2)ccc1F. The molecule has 1 aromatic heterocycles. The van der Waals surface area contributed by atoms with Crippen molar-refractivity contribution >= 4 is 0 Å². The third kappa shape index (κ3) is 4.90. The minimum atomic E-state index is -0.223. The number of halogens is 1. The fraction of sp³-hybridized carbons (Fsp3) is 0.412. The van der Waals surface area contributed by atoms with E-state index < -0.39 is 0 Å². The van der Waals surface area contributed by atoms with E-state index in [0.717, 1.165) is 24.4 Å². The van der Waals surface area contributed by atoms with Gasteiger partial charge in [0.15, 0.2) is 0 Å². The van der Waals surface area contributed by atoms with Crippen molar-refractivity contribution in [2.45, 2.75) is 33.9 Å². The standard InChI is InChI=1S/C17H22FNO2/c1-12(2)8-19-9-14-7-16(20-10-14)11-21-15-4-5-17(18)13(3)6-15/h4-7,10,12,19H,8-9,11H2,1-3H3. The van der Waals surface area contributed by atoms with Crippen LogP contribution in [0.15, 0.2) is 34.9 Å².